The lowest BCUT2D eigenvalue weighted by Gasteiger charge is -2.44. The van der Waals surface area contributed by atoms with E-state index in [-0.39, 0.29) is 18.0 Å². The summed E-state index contributed by atoms with van der Waals surface area (Å²) in [5.74, 6) is 0.340. The molecule has 7 nitrogen and oxygen atoms in total. The van der Waals surface area contributed by atoms with Gasteiger partial charge in [0.15, 0.2) is 0 Å². The van der Waals surface area contributed by atoms with E-state index in [2.05, 4.69) is 11.0 Å². The number of carbonyl (C=O) groups excluding carboxylic acids is 1. The fraction of sp³-hybridized carbons (Fsp3) is 0.500. The first-order valence-electron chi connectivity index (χ1n) is 9.64. The average Bonchev–Trinajstić information content (AvgIpc) is 2.74. The van der Waals surface area contributed by atoms with Crippen LogP contribution in [0.4, 0.5) is 5.69 Å². The summed E-state index contributed by atoms with van der Waals surface area (Å²) in [6.07, 6.45) is 6.27. The lowest BCUT2D eigenvalue weighted by atomic mass is 9.86. The molecular formula is C20H22N4O3S. The third-order valence-electron chi connectivity index (χ3n) is 5.89. The molecule has 146 valence electrons. The lowest BCUT2D eigenvalue weighted by Crippen LogP contribution is -2.51. The van der Waals surface area contributed by atoms with E-state index in [4.69, 9.17) is 0 Å². The summed E-state index contributed by atoms with van der Waals surface area (Å²) in [7, 11) is 0. The minimum absolute atomic E-state index is 0.0153. The number of non-ortho nitro benzene ring substituents is 1. The number of benzene rings is 1. The van der Waals surface area contributed by atoms with Gasteiger partial charge in [-0.2, -0.15) is 5.26 Å². The maximum absolute atomic E-state index is 12.9. The van der Waals surface area contributed by atoms with Crippen LogP contribution in [0.15, 0.2) is 34.9 Å². The molecule has 2 heterocycles. The Hall–Kier alpha value is -2.37. The zero-order valence-corrected chi connectivity index (χ0v) is 16.4. The highest BCUT2D eigenvalue weighted by Crippen LogP contribution is 2.43. The van der Waals surface area contributed by atoms with Gasteiger partial charge < -0.3 is 0 Å². The molecule has 2 fully saturated rings. The highest BCUT2D eigenvalue weighted by molar-refractivity contribution is 8.03. The topological polar surface area (TPSA) is 90.5 Å². The van der Waals surface area contributed by atoms with E-state index in [1.165, 1.54) is 44.2 Å². The largest absolute Gasteiger partial charge is 0.292 e. The molecule has 0 aromatic heterocycles. The second-order valence-corrected chi connectivity index (χ2v) is 8.49. The molecule has 0 bridgehead atoms. The molecule has 1 saturated heterocycles. The van der Waals surface area contributed by atoms with Crippen molar-refractivity contribution in [2.45, 2.75) is 50.5 Å². The van der Waals surface area contributed by atoms with Gasteiger partial charge in [0.25, 0.3) is 5.69 Å². The fourth-order valence-electron chi connectivity index (χ4n) is 4.39. The summed E-state index contributed by atoms with van der Waals surface area (Å²) >= 11 is 1.55. The van der Waals surface area contributed by atoms with E-state index in [0.717, 1.165) is 10.9 Å². The molecular weight excluding hydrogens is 376 g/mol. The van der Waals surface area contributed by atoms with E-state index in [1.807, 2.05) is 0 Å². The number of nitro groups is 1. The van der Waals surface area contributed by atoms with Gasteiger partial charge in [-0.1, -0.05) is 43.2 Å². The molecule has 1 unspecified atom stereocenters. The van der Waals surface area contributed by atoms with Crippen LogP contribution in [0.5, 0.6) is 0 Å². The van der Waals surface area contributed by atoms with Crippen LogP contribution < -0.4 is 0 Å². The van der Waals surface area contributed by atoms with E-state index in [1.54, 1.807) is 28.8 Å². The number of allylic oxidation sites excluding steroid dienone is 1. The number of fused-ring (bicyclic) bond motifs is 1. The number of rotatable bonds is 3. The van der Waals surface area contributed by atoms with Crippen LogP contribution in [0.1, 0.15) is 50.0 Å². The van der Waals surface area contributed by atoms with Gasteiger partial charge in [-0.25, -0.2) is 0 Å². The third-order valence-corrected chi connectivity index (χ3v) is 7.06. The van der Waals surface area contributed by atoms with E-state index >= 15 is 0 Å². The number of nitriles is 1. The van der Waals surface area contributed by atoms with Gasteiger partial charge in [-0.3, -0.25) is 24.7 Å². The monoisotopic (exact) mass is 398 g/mol. The van der Waals surface area contributed by atoms with E-state index in [9.17, 15) is 20.2 Å². The Morgan fingerprint density at radius 2 is 2.04 bits per heavy atom. The summed E-state index contributed by atoms with van der Waals surface area (Å²) in [6, 6.07) is 9.09. The first kappa shape index (κ1) is 19.0. The number of carbonyl (C=O) groups is 1. The van der Waals surface area contributed by atoms with E-state index < -0.39 is 10.8 Å². The molecule has 0 spiro atoms. The van der Waals surface area contributed by atoms with Crippen molar-refractivity contribution in [3.63, 3.8) is 0 Å². The van der Waals surface area contributed by atoms with Gasteiger partial charge >= 0.3 is 0 Å². The number of amides is 1. The third kappa shape index (κ3) is 3.52. The molecule has 0 N–H and O–H groups in total. The normalized spacial score (nSPS) is 24.0. The van der Waals surface area contributed by atoms with Crippen molar-refractivity contribution in [2.75, 3.05) is 12.5 Å². The number of thioether (sulfide) groups is 1. The zero-order valence-electron chi connectivity index (χ0n) is 15.5. The Morgan fingerprint density at radius 3 is 2.75 bits per heavy atom. The van der Waals surface area contributed by atoms with Crippen molar-refractivity contribution >= 4 is 23.4 Å². The van der Waals surface area contributed by atoms with Gasteiger partial charge in [-0.05, 0) is 18.4 Å². The molecule has 1 saturated carbocycles. The highest BCUT2D eigenvalue weighted by atomic mass is 32.2. The van der Waals surface area contributed by atoms with Gasteiger partial charge in [-0.15, -0.1) is 0 Å². The Balaban J connectivity index is 1.62. The van der Waals surface area contributed by atoms with Crippen molar-refractivity contribution < 1.29 is 9.72 Å². The van der Waals surface area contributed by atoms with Crippen LogP contribution in [0.2, 0.25) is 0 Å². The zero-order chi connectivity index (χ0) is 19.7. The molecule has 28 heavy (non-hydrogen) atoms. The Bertz CT molecular complexity index is 872. The molecule has 2 aliphatic heterocycles. The van der Waals surface area contributed by atoms with Gasteiger partial charge in [0.05, 0.1) is 34.1 Å². The summed E-state index contributed by atoms with van der Waals surface area (Å²) < 4.78 is 0. The maximum atomic E-state index is 12.9. The number of nitro benzene ring substituents is 1. The molecule has 4 rings (SSSR count). The molecule has 8 heteroatoms. The molecule has 3 aliphatic rings. The highest BCUT2D eigenvalue weighted by Gasteiger charge is 2.39. The summed E-state index contributed by atoms with van der Waals surface area (Å²) in [6.45, 7) is 0.540. The predicted octanol–water partition coefficient (Wildman–Crippen LogP) is 3.94. The first-order valence-corrected chi connectivity index (χ1v) is 10.6. The molecule has 1 aliphatic carbocycles. The van der Waals surface area contributed by atoms with Gasteiger partial charge in [0.2, 0.25) is 5.91 Å². The van der Waals surface area contributed by atoms with Crippen LogP contribution in [0.3, 0.4) is 0 Å². The SMILES string of the molecule is N#CC1=C2SCN(C3CCCCC3)CN2C(=O)CC1c1cccc([N+](=O)[O-])c1. The van der Waals surface area contributed by atoms with Crippen LogP contribution in [-0.4, -0.2) is 39.2 Å². The smallest absolute Gasteiger partial charge is 0.269 e. The molecule has 1 aromatic rings. The number of nitrogens with zero attached hydrogens (tertiary/aromatic N) is 4. The van der Waals surface area contributed by atoms with Crippen molar-refractivity contribution in [3.8, 4) is 6.07 Å². The van der Waals surface area contributed by atoms with Crippen molar-refractivity contribution in [2.24, 2.45) is 0 Å². The molecule has 0 radical (unpaired) electrons. The van der Waals surface area contributed by atoms with Gasteiger partial charge in [0.1, 0.15) is 0 Å². The molecule has 1 atom stereocenters. The van der Waals surface area contributed by atoms with Crippen molar-refractivity contribution in [1.82, 2.24) is 9.80 Å². The van der Waals surface area contributed by atoms with Crippen LogP contribution in [0, 0.1) is 21.4 Å². The first-order chi connectivity index (χ1) is 13.6. The summed E-state index contributed by atoms with van der Waals surface area (Å²) in [5.41, 5.74) is 1.18. The van der Waals surface area contributed by atoms with Gasteiger partial charge in [0, 0.05) is 30.5 Å². The Morgan fingerprint density at radius 1 is 1.25 bits per heavy atom. The number of hydrogen-bond donors (Lipinski definition) is 0. The maximum Gasteiger partial charge on any atom is 0.269 e. The van der Waals surface area contributed by atoms with Crippen LogP contribution in [-0.2, 0) is 4.79 Å². The second kappa shape index (κ2) is 7.94. The molecule has 1 amide bonds. The van der Waals surface area contributed by atoms with Crippen molar-refractivity contribution in [3.05, 3.63) is 50.5 Å². The molecule has 1 aromatic carbocycles. The summed E-state index contributed by atoms with van der Waals surface area (Å²) in [5, 5.41) is 21.7. The summed E-state index contributed by atoms with van der Waals surface area (Å²) in [4.78, 5) is 27.7. The lowest BCUT2D eigenvalue weighted by molar-refractivity contribution is -0.384. The minimum atomic E-state index is -0.447. The van der Waals surface area contributed by atoms with Crippen LogP contribution >= 0.6 is 11.8 Å². The minimum Gasteiger partial charge on any atom is -0.292 e. The standard InChI is InChI=1S/C20H22N4O3S/c21-11-18-17(14-5-4-8-16(9-14)24(26)27)10-19(25)23-12-22(13-28-20(18)23)15-6-2-1-3-7-15/h4-5,8-9,15,17H,1-3,6-7,10,12-13H2. The number of hydrogen-bond acceptors (Lipinski definition) is 6. The van der Waals surface area contributed by atoms with Crippen LogP contribution in [0.25, 0.3) is 0 Å². The fourth-order valence-corrected chi connectivity index (χ4v) is 5.63. The second-order valence-electron chi connectivity index (χ2n) is 7.56. The van der Waals surface area contributed by atoms with E-state index in [0.29, 0.717) is 23.8 Å². The Labute approximate surface area is 168 Å². The van der Waals surface area contributed by atoms with Crippen molar-refractivity contribution in [1.29, 1.82) is 5.26 Å². The predicted molar refractivity (Wildman–Crippen MR) is 106 cm³/mol. The quantitative estimate of drug-likeness (QED) is 0.566. The Kier molecular flexibility index (Phi) is 5.38. The average molecular weight is 398 g/mol.